The molecular formula is C54H62O12S. The van der Waals surface area contributed by atoms with Crippen LogP contribution in [0.15, 0.2) is 169 Å². The first-order chi connectivity index (χ1) is 32.9. The van der Waals surface area contributed by atoms with Crippen LogP contribution in [-0.2, 0) is 48.1 Å². The molecule has 0 N–H and O–H groups in total. The fourth-order valence-electron chi connectivity index (χ4n) is 7.21. The molecule has 0 fully saturated rings. The Morgan fingerprint density at radius 2 is 0.612 bits per heavy atom. The Hall–Kier alpha value is -5.61. The molecule has 0 unspecified atom stereocenters. The molecule has 13 heteroatoms. The van der Waals surface area contributed by atoms with Crippen molar-refractivity contribution in [3.05, 3.63) is 192 Å². The summed E-state index contributed by atoms with van der Waals surface area (Å²) in [5.74, 6) is 2.22. The first kappa shape index (κ1) is 50.8. The van der Waals surface area contributed by atoms with Gasteiger partial charge in [0.05, 0.1) is 96.2 Å². The molecule has 0 amide bonds. The lowest BCUT2D eigenvalue weighted by Crippen LogP contribution is -2.30. The lowest BCUT2D eigenvalue weighted by atomic mass is 9.65. The number of hydrogen-bond acceptors (Lipinski definition) is 12. The lowest BCUT2D eigenvalue weighted by molar-refractivity contribution is 0.00492. The zero-order valence-corrected chi connectivity index (χ0v) is 39.0. The predicted molar refractivity (Wildman–Crippen MR) is 257 cm³/mol. The summed E-state index contributed by atoms with van der Waals surface area (Å²) < 4.78 is 80.3. The van der Waals surface area contributed by atoms with Crippen LogP contribution in [0, 0.1) is 6.92 Å². The Morgan fingerprint density at radius 1 is 0.328 bits per heavy atom. The van der Waals surface area contributed by atoms with Gasteiger partial charge in [0.2, 0.25) is 0 Å². The first-order valence-electron chi connectivity index (χ1n) is 22.6. The van der Waals surface area contributed by atoms with Gasteiger partial charge >= 0.3 is 0 Å². The van der Waals surface area contributed by atoms with Crippen molar-refractivity contribution in [2.75, 3.05) is 106 Å². The monoisotopic (exact) mass is 934 g/mol. The zero-order chi connectivity index (χ0) is 46.7. The van der Waals surface area contributed by atoms with E-state index in [1.54, 1.807) is 12.1 Å². The summed E-state index contributed by atoms with van der Waals surface area (Å²) in [6, 6.07) is 54.2. The highest BCUT2D eigenvalue weighted by atomic mass is 32.2. The summed E-state index contributed by atoms with van der Waals surface area (Å²) in [6.45, 7) is 7.82. The van der Waals surface area contributed by atoms with Crippen LogP contribution in [0.3, 0.4) is 0 Å². The molecule has 0 aliphatic carbocycles. The second kappa shape index (κ2) is 28.5. The second-order valence-electron chi connectivity index (χ2n) is 15.2. The zero-order valence-electron chi connectivity index (χ0n) is 38.2. The van der Waals surface area contributed by atoms with E-state index in [2.05, 4.69) is 103 Å². The minimum atomic E-state index is -3.79. The van der Waals surface area contributed by atoms with Crippen LogP contribution in [0.4, 0.5) is 0 Å². The molecule has 67 heavy (non-hydrogen) atoms. The van der Waals surface area contributed by atoms with Crippen molar-refractivity contribution in [2.45, 2.75) is 17.2 Å². The number of aryl methyl sites for hydroxylation is 1. The Bertz CT molecular complexity index is 2230. The molecule has 0 aliphatic rings. The number of hydrogen-bond donors (Lipinski definition) is 0. The maximum Gasteiger partial charge on any atom is 0.297 e. The van der Waals surface area contributed by atoms with Gasteiger partial charge < -0.3 is 42.6 Å². The lowest BCUT2D eigenvalue weighted by Gasteiger charge is -2.36. The molecular weight excluding hydrogens is 873 g/mol. The van der Waals surface area contributed by atoms with Gasteiger partial charge in [-0.25, -0.2) is 0 Å². The van der Waals surface area contributed by atoms with E-state index in [1.807, 2.05) is 43.3 Å². The molecule has 0 spiro atoms. The van der Waals surface area contributed by atoms with E-state index in [1.165, 1.54) is 28.8 Å². The summed E-state index contributed by atoms with van der Waals surface area (Å²) >= 11 is 0. The molecule has 0 radical (unpaired) electrons. The first-order valence-corrected chi connectivity index (χ1v) is 24.0. The van der Waals surface area contributed by atoms with E-state index < -0.39 is 15.5 Å². The molecule has 0 aromatic heterocycles. The molecule has 0 saturated carbocycles. The third-order valence-electron chi connectivity index (χ3n) is 10.5. The van der Waals surface area contributed by atoms with Gasteiger partial charge in [-0.1, -0.05) is 121 Å². The van der Waals surface area contributed by atoms with Crippen molar-refractivity contribution in [3.63, 3.8) is 0 Å². The van der Waals surface area contributed by atoms with Crippen molar-refractivity contribution in [2.24, 2.45) is 0 Å². The van der Waals surface area contributed by atoms with Gasteiger partial charge in [-0.2, -0.15) is 8.42 Å². The molecule has 6 aromatic rings. The standard InChI is InChI=1S/C54H62O12S/c1-45-17-27-53(28-18-45)67(55,56)66-44-40-62-36-32-58-31-35-61-39-43-65-52-25-23-51(24-26-52)64-42-38-60-34-30-57-29-33-59-37-41-63-50-21-19-49(20-22-50)54(46-11-5-2-6-12-46,47-13-7-3-8-14-47)48-15-9-4-10-16-48/h2-28H,29-44H2,1H3. The van der Waals surface area contributed by atoms with Crippen molar-refractivity contribution in [1.29, 1.82) is 0 Å². The summed E-state index contributed by atoms with van der Waals surface area (Å²) in [6.07, 6.45) is 0. The van der Waals surface area contributed by atoms with E-state index in [4.69, 9.17) is 46.8 Å². The quantitative estimate of drug-likeness (QED) is 0.0223. The number of rotatable bonds is 33. The summed E-state index contributed by atoms with van der Waals surface area (Å²) in [7, 11) is -3.79. The summed E-state index contributed by atoms with van der Waals surface area (Å²) in [5, 5.41) is 0. The van der Waals surface area contributed by atoms with E-state index in [-0.39, 0.29) is 18.1 Å². The van der Waals surface area contributed by atoms with Gasteiger partial charge in [0.25, 0.3) is 10.1 Å². The van der Waals surface area contributed by atoms with Gasteiger partial charge in [0.15, 0.2) is 0 Å². The van der Waals surface area contributed by atoms with Crippen LogP contribution >= 0.6 is 0 Å². The Kier molecular flexibility index (Phi) is 21.6. The van der Waals surface area contributed by atoms with Crippen LogP contribution in [0.2, 0.25) is 0 Å². The van der Waals surface area contributed by atoms with Gasteiger partial charge in [0, 0.05) is 0 Å². The van der Waals surface area contributed by atoms with Gasteiger partial charge in [-0.05, 0) is 77.7 Å². The van der Waals surface area contributed by atoms with Crippen LogP contribution in [0.1, 0.15) is 27.8 Å². The molecule has 6 aromatic carbocycles. The fourth-order valence-corrected chi connectivity index (χ4v) is 8.11. The Labute approximate surface area is 395 Å². The molecule has 356 valence electrons. The highest BCUT2D eigenvalue weighted by molar-refractivity contribution is 7.86. The minimum Gasteiger partial charge on any atom is -0.491 e. The van der Waals surface area contributed by atoms with E-state index in [9.17, 15) is 8.42 Å². The van der Waals surface area contributed by atoms with Crippen LogP contribution in [0.5, 0.6) is 17.2 Å². The second-order valence-corrected chi connectivity index (χ2v) is 16.8. The average Bonchev–Trinajstić information content (AvgIpc) is 3.36. The highest BCUT2D eigenvalue weighted by Crippen LogP contribution is 2.45. The van der Waals surface area contributed by atoms with Crippen molar-refractivity contribution < 1.29 is 55.2 Å². The van der Waals surface area contributed by atoms with E-state index in [0.717, 1.165) is 22.6 Å². The molecule has 12 nitrogen and oxygen atoms in total. The third kappa shape index (κ3) is 16.6. The van der Waals surface area contributed by atoms with E-state index >= 15 is 0 Å². The SMILES string of the molecule is Cc1ccc(S(=O)(=O)OCCOCCOCCOCCOc2ccc(OCCOCCOCCOCCOc3ccc(C(c4ccccc4)(c4ccccc4)c4ccccc4)cc3)cc2)cc1. The van der Waals surface area contributed by atoms with E-state index in [0.29, 0.717) is 98.2 Å². The maximum absolute atomic E-state index is 12.2. The third-order valence-corrected chi connectivity index (χ3v) is 11.8. The molecule has 0 bridgehead atoms. The smallest absolute Gasteiger partial charge is 0.297 e. The predicted octanol–water partition coefficient (Wildman–Crippen LogP) is 8.72. The molecule has 0 heterocycles. The summed E-state index contributed by atoms with van der Waals surface area (Å²) in [5.41, 5.74) is 5.23. The summed E-state index contributed by atoms with van der Waals surface area (Å²) in [4.78, 5) is 0.124. The average molecular weight is 935 g/mol. The number of ether oxygens (including phenoxy) is 9. The van der Waals surface area contributed by atoms with Crippen molar-refractivity contribution in [3.8, 4) is 17.2 Å². The van der Waals surface area contributed by atoms with Gasteiger partial charge in [0.1, 0.15) is 37.1 Å². The fraction of sp³-hybridized carbons (Fsp3) is 0.333. The Morgan fingerprint density at radius 3 is 0.955 bits per heavy atom. The van der Waals surface area contributed by atoms with Crippen LogP contribution in [0.25, 0.3) is 0 Å². The van der Waals surface area contributed by atoms with Crippen LogP contribution < -0.4 is 14.2 Å². The maximum atomic E-state index is 12.2. The highest BCUT2D eigenvalue weighted by Gasteiger charge is 2.38. The topological polar surface area (TPSA) is 126 Å². The van der Waals surface area contributed by atoms with Crippen LogP contribution in [-0.4, -0.2) is 114 Å². The Balaban J connectivity index is 0.732. The number of benzene rings is 6. The molecule has 6 rings (SSSR count). The van der Waals surface area contributed by atoms with Gasteiger partial charge in [-0.15, -0.1) is 0 Å². The molecule has 0 atom stereocenters. The van der Waals surface area contributed by atoms with Gasteiger partial charge in [-0.3, -0.25) is 4.18 Å². The molecule has 0 saturated heterocycles. The van der Waals surface area contributed by atoms with Crippen molar-refractivity contribution in [1.82, 2.24) is 0 Å². The minimum absolute atomic E-state index is 0.0688. The molecule has 0 aliphatic heterocycles. The van der Waals surface area contributed by atoms with Crippen molar-refractivity contribution >= 4 is 10.1 Å². The normalized spacial score (nSPS) is 11.7. The largest absolute Gasteiger partial charge is 0.491 e.